The molecule has 3 heterocycles. The minimum absolute atomic E-state index is 0.0531. The lowest BCUT2D eigenvalue weighted by atomic mass is 9.85. The standard InChI is InChI=1S/C28H31ClN6O2/c1-17-22(14-20(29)15-31-17)27(36)33-21-10-8-19(9-11-21)16-34-24-6-4-5-7-25(24)35(28(34)37)23-12-13-26(30-3)32-18(23)2/h4-7,12-15,19,21H,8-11,16H2,1-3H3,(H,30,32)(H,33,36). The molecule has 1 aromatic carbocycles. The zero-order valence-corrected chi connectivity index (χ0v) is 22.0. The van der Waals surface area contributed by atoms with Crippen LogP contribution in [-0.2, 0) is 6.54 Å². The van der Waals surface area contributed by atoms with Crippen LogP contribution in [0.4, 0.5) is 5.82 Å². The molecule has 0 unspecified atom stereocenters. The lowest BCUT2D eigenvalue weighted by molar-refractivity contribution is 0.0919. The van der Waals surface area contributed by atoms with Crippen LogP contribution in [0.2, 0.25) is 5.02 Å². The molecule has 192 valence electrons. The number of para-hydroxylation sites is 2. The Morgan fingerprint density at radius 2 is 1.78 bits per heavy atom. The van der Waals surface area contributed by atoms with Gasteiger partial charge >= 0.3 is 5.69 Å². The van der Waals surface area contributed by atoms with Crippen molar-refractivity contribution in [3.05, 3.63) is 81.1 Å². The van der Waals surface area contributed by atoms with Crippen LogP contribution in [0.1, 0.15) is 47.4 Å². The first-order chi connectivity index (χ1) is 17.9. The Morgan fingerprint density at radius 1 is 1.05 bits per heavy atom. The first-order valence-corrected chi connectivity index (χ1v) is 13.0. The molecule has 1 saturated carbocycles. The first-order valence-electron chi connectivity index (χ1n) is 12.6. The monoisotopic (exact) mass is 518 g/mol. The molecule has 4 aromatic rings. The van der Waals surface area contributed by atoms with E-state index >= 15 is 0 Å². The Labute approximate surface area is 220 Å². The fourth-order valence-corrected chi connectivity index (χ4v) is 5.45. The van der Waals surface area contributed by atoms with Crippen molar-refractivity contribution in [2.75, 3.05) is 12.4 Å². The average Bonchev–Trinajstić information content (AvgIpc) is 3.17. The molecule has 0 atom stereocenters. The van der Waals surface area contributed by atoms with E-state index in [2.05, 4.69) is 20.6 Å². The fourth-order valence-electron chi connectivity index (χ4n) is 5.29. The number of hydrogen-bond donors (Lipinski definition) is 2. The summed E-state index contributed by atoms with van der Waals surface area (Å²) in [4.78, 5) is 35.3. The van der Waals surface area contributed by atoms with Crippen molar-refractivity contribution >= 4 is 34.4 Å². The molecule has 0 bridgehead atoms. The number of hydrogen-bond acceptors (Lipinski definition) is 5. The van der Waals surface area contributed by atoms with E-state index < -0.39 is 0 Å². The smallest absolute Gasteiger partial charge is 0.333 e. The number of anilines is 1. The minimum atomic E-state index is -0.136. The van der Waals surface area contributed by atoms with E-state index in [-0.39, 0.29) is 17.6 Å². The summed E-state index contributed by atoms with van der Waals surface area (Å²) in [5.74, 6) is 0.984. The molecule has 9 heteroatoms. The third-order valence-electron chi connectivity index (χ3n) is 7.31. The molecule has 1 aliphatic carbocycles. The molecule has 3 aromatic heterocycles. The SMILES string of the molecule is CNc1ccc(-n2c(=O)n(CC3CCC(NC(=O)c4cc(Cl)cnc4C)CC3)c3ccccc32)c(C)n1. The third-order valence-corrected chi connectivity index (χ3v) is 7.52. The second-order valence-corrected chi connectivity index (χ2v) is 10.2. The zero-order chi connectivity index (χ0) is 26.1. The summed E-state index contributed by atoms with van der Waals surface area (Å²) in [6.45, 7) is 4.37. The van der Waals surface area contributed by atoms with Crippen LogP contribution in [-0.4, -0.2) is 38.1 Å². The summed E-state index contributed by atoms with van der Waals surface area (Å²) < 4.78 is 3.66. The number of nitrogens with zero attached hydrogens (tertiary/aromatic N) is 4. The largest absolute Gasteiger partial charge is 0.373 e. The Kier molecular flexibility index (Phi) is 7.02. The van der Waals surface area contributed by atoms with Gasteiger partial charge in [0.2, 0.25) is 0 Å². The number of aromatic nitrogens is 4. The molecular weight excluding hydrogens is 488 g/mol. The number of amides is 1. The highest BCUT2D eigenvalue weighted by atomic mass is 35.5. The Bertz CT molecular complexity index is 1520. The minimum Gasteiger partial charge on any atom is -0.373 e. The van der Waals surface area contributed by atoms with E-state index in [4.69, 9.17) is 11.6 Å². The quantitative estimate of drug-likeness (QED) is 0.379. The lowest BCUT2D eigenvalue weighted by Crippen LogP contribution is -2.39. The molecule has 0 saturated heterocycles. The summed E-state index contributed by atoms with van der Waals surface area (Å²) in [7, 11) is 1.83. The third kappa shape index (κ3) is 4.98. The fraction of sp³-hybridized carbons (Fsp3) is 0.357. The summed E-state index contributed by atoms with van der Waals surface area (Å²) in [5, 5.41) is 6.65. The summed E-state index contributed by atoms with van der Waals surface area (Å²) in [5.41, 5.74) is 4.50. The Balaban J connectivity index is 1.33. The van der Waals surface area contributed by atoms with Gasteiger partial charge in [-0.05, 0) is 75.8 Å². The van der Waals surface area contributed by atoms with Crippen molar-refractivity contribution in [1.82, 2.24) is 24.4 Å². The molecule has 37 heavy (non-hydrogen) atoms. The first kappa shape index (κ1) is 25.0. The number of pyridine rings is 2. The van der Waals surface area contributed by atoms with Crippen LogP contribution in [0, 0.1) is 19.8 Å². The molecular formula is C28H31ClN6O2. The van der Waals surface area contributed by atoms with E-state index in [1.807, 2.05) is 61.9 Å². The molecule has 1 amide bonds. The van der Waals surface area contributed by atoms with Crippen molar-refractivity contribution in [3.63, 3.8) is 0 Å². The molecule has 0 spiro atoms. The van der Waals surface area contributed by atoms with Gasteiger partial charge in [-0.1, -0.05) is 23.7 Å². The van der Waals surface area contributed by atoms with Crippen LogP contribution < -0.4 is 16.3 Å². The Morgan fingerprint density at radius 3 is 2.49 bits per heavy atom. The molecule has 1 aliphatic rings. The molecule has 1 fully saturated rings. The topological polar surface area (TPSA) is 93.8 Å². The number of nitrogens with one attached hydrogen (secondary N) is 2. The van der Waals surface area contributed by atoms with Crippen LogP contribution in [0.15, 0.2) is 53.5 Å². The Hall–Kier alpha value is -3.65. The van der Waals surface area contributed by atoms with Crippen LogP contribution >= 0.6 is 11.6 Å². The molecule has 0 aliphatic heterocycles. The van der Waals surface area contributed by atoms with Gasteiger partial charge in [0.25, 0.3) is 5.91 Å². The number of imidazole rings is 1. The number of fused-ring (bicyclic) bond motifs is 1. The maximum absolute atomic E-state index is 13.7. The van der Waals surface area contributed by atoms with Crippen LogP contribution in [0.3, 0.4) is 0 Å². The summed E-state index contributed by atoms with van der Waals surface area (Å²) >= 11 is 6.04. The van der Waals surface area contributed by atoms with Crippen LogP contribution in [0.5, 0.6) is 0 Å². The maximum atomic E-state index is 13.7. The maximum Gasteiger partial charge on any atom is 0.333 e. The van der Waals surface area contributed by atoms with Crippen molar-refractivity contribution in [1.29, 1.82) is 0 Å². The van der Waals surface area contributed by atoms with Gasteiger partial charge < -0.3 is 10.6 Å². The van der Waals surface area contributed by atoms with E-state index in [1.54, 1.807) is 16.8 Å². The van der Waals surface area contributed by atoms with E-state index in [0.717, 1.165) is 53.9 Å². The predicted octanol–water partition coefficient (Wildman–Crippen LogP) is 4.88. The van der Waals surface area contributed by atoms with Gasteiger partial charge in [-0.25, -0.2) is 9.78 Å². The van der Waals surface area contributed by atoms with Gasteiger partial charge in [0.15, 0.2) is 0 Å². The van der Waals surface area contributed by atoms with Gasteiger partial charge in [-0.2, -0.15) is 0 Å². The highest BCUT2D eigenvalue weighted by Gasteiger charge is 2.26. The van der Waals surface area contributed by atoms with Crippen molar-refractivity contribution in [2.24, 2.45) is 5.92 Å². The van der Waals surface area contributed by atoms with Crippen molar-refractivity contribution < 1.29 is 4.79 Å². The molecule has 0 radical (unpaired) electrons. The highest BCUT2D eigenvalue weighted by molar-refractivity contribution is 6.30. The average molecular weight is 519 g/mol. The van der Waals surface area contributed by atoms with Crippen molar-refractivity contribution in [2.45, 2.75) is 52.1 Å². The highest BCUT2D eigenvalue weighted by Crippen LogP contribution is 2.28. The van der Waals surface area contributed by atoms with Gasteiger partial charge in [0, 0.05) is 25.8 Å². The number of aryl methyl sites for hydroxylation is 2. The number of rotatable bonds is 6. The van der Waals surface area contributed by atoms with Crippen molar-refractivity contribution in [3.8, 4) is 5.69 Å². The lowest BCUT2D eigenvalue weighted by Gasteiger charge is -2.29. The van der Waals surface area contributed by atoms with E-state index in [9.17, 15) is 9.59 Å². The van der Waals surface area contributed by atoms with Gasteiger partial charge in [-0.15, -0.1) is 0 Å². The number of benzene rings is 1. The molecule has 5 rings (SSSR count). The number of carbonyl (C=O) groups excluding carboxylic acids is 1. The van der Waals surface area contributed by atoms with Gasteiger partial charge in [-0.3, -0.25) is 18.9 Å². The second-order valence-electron chi connectivity index (χ2n) is 9.75. The number of halogens is 1. The second kappa shape index (κ2) is 10.4. The molecule has 8 nitrogen and oxygen atoms in total. The number of carbonyl (C=O) groups is 1. The van der Waals surface area contributed by atoms with E-state index in [1.165, 1.54) is 0 Å². The van der Waals surface area contributed by atoms with Gasteiger partial charge in [0.1, 0.15) is 5.82 Å². The normalized spacial score (nSPS) is 17.6. The predicted molar refractivity (Wildman–Crippen MR) is 147 cm³/mol. The summed E-state index contributed by atoms with van der Waals surface area (Å²) in [6, 6.07) is 13.5. The van der Waals surface area contributed by atoms with Crippen LogP contribution in [0.25, 0.3) is 16.7 Å². The zero-order valence-electron chi connectivity index (χ0n) is 21.3. The summed E-state index contributed by atoms with van der Waals surface area (Å²) in [6.07, 6.45) is 5.14. The van der Waals surface area contributed by atoms with E-state index in [0.29, 0.717) is 28.7 Å². The van der Waals surface area contributed by atoms with Gasteiger partial charge in [0.05, 0.1) is 38.7 Å². The molecule has 2 N–H and O–H groups in total.